The minimum Gasteiger partial charge on any atom is -0.484 e. The Morgan fingerprint density at radius 1 is 1.16 bits per heavy atom. The summed E-state index contributed by atoms with van der Waals surface area (Å²) in [4.78, 5) is 33.7. The normalized spacial score (nSPS) is 10.0. The van der Waals surface area contributed by atoms with Crippen LogP contribution in [0.1, 0.15) is 10.4 Å². The third kappa shape index (κ3) is 5.44. The molecule has 0 atom stereocenters. The fourth-order valence-electron chi connectivity index (χ4n) is 1.71. The van der Waals surface area contributed by atoms with Crippen LogP contribution in [0.25, 0.3) is 0 Å². The first-order chi connectivity index (χ1) is 11.9. The molecule has 0 spiro atoms. The summed E-state index contributed by atoms with van der Waals surface area (Å²) < 4.78 is 6.11. The zero-order valence-corrected chi connectivity index (χ0v) is 14.8. The molecule has 0 saturated carbocycles. The summed E-state index contributed by atoms with van der Waals surface area (Å²) in [5, 5.41) is 10.7. The molecule has 25 heavy (non-hydrogen) atoms. The maximum atomic E-state index is 11.9. The quantitative estimate of drug-likeness (QED) is 0.562. The number of rotatable bonds is 5. The van der Waals surface area contributed by atoms with Crippen molar-refractivity contribution in [3.63, 3.8) is 0 Å². The molecular formula is C15H11BrClN3O5. The van der Waals surface area contributed by atoms with Crippen molar-refractivity contribution in [2.75, 3.05) is 6.61 Å². The van der Waals surface area contributed by atoms with Crippen molar-refractivity contribution in [1.82, 2.24) is 10.9 Å². The van der Waals surface area contributed by atoms with Crippen LogP contribution in [0.4, 0.5) is 5.69 Å². The van der Waals surface area contributed by atoms with Crippen molar-refractivity contribution in [2.45, 2.75) is 0 Å². The van der Waals surface area contributed by atoms with Crippen LogP contribution >= 0.6 is 27.5 Å². The van der Waals surface area contributed by atoms with Gasteiger partial charge < -0.3 is 4.74 Å². The molecule has 0 bridgehead atoms. The molecule has 2 aromatic rings. The van der Waals surface area contributed by atoms with Gasteiger partial charge in [-0.1, -0.05) is 27.5 Å². The first kappa shape index (κ1) is 18.7. The summed E-state index contributed by atoms with van der Waals surface area (Å²) >= 11 is 8.94. The van der Waals surface area contributed by atoms with Gasteiger partial charge in [0.15, 0.2) is 6.61 Å². The number of ether oxygens (including phenoxy) is 1. The average molecular weight is 429 g/mol. The number of amides is 2. The van der Waals surface area contributed by atoms with E-state index < -0.39 is 22.4 Å². The van der Waals surface area contributed by atoms with Crippen molar-refractivity contribution < 1.29 is 19.2 Å². The third-order valence-electron chi connectivity index (χ3n) is 2.90. The maximum absolute atomic E-state index is 11.9. The number of hydrogen-bond donors (Lipinski definition) is 2. The van der Waals surface area contributed by atoms with Crippen molar-refractivity contribution >= 4 is 45.0 Å². The lowest BCUT2D eigenvalue weighted by atomic mass is 10.2. The lowest BCUT2D eigenvalue weighted by molar-refractivity contribution is -0.384. The highest BCUT2D eigenvalue weighted by atomic mass is 79.9. The van der Waals surface area contributed by atoms with E-state index in [-0.39, 0.29) is 17.2 Å². The first-order valence-corrected chi connectivity index (χ1v) is 7.95. The Balaban J connectivity index is 1.87. The predicted octanol–water partition coefficient (Wildman–Crippen LogP) is 2.85. The van der Waals surface area contributed by atoms with Gasteiger partial charge in [-0.3, -0.25) is 30.6 Å². The van der Waals surface area contributed by atoms with Crippen LogP contribution in [0.2, 0.25) is 5.02 Å². The highest BCUT2D eigenvalue weighted by Crippen LogP contribution is 2.24. The van der Waals surface area contributed by atoms with Gasteiger partial charge in [-0.2, -0.15) is 0 Å². The predicted molar refractivity (Wildman–Crippen MR) is 93.4 cm³/mol. The number of carbonyl (C=O) groups excluding carboxylic acids is 2. The molecule has 10 heteroatoms. The van der Waals surface area contributed by atoms with Gasteiger partial charge in [0.05, 0.1) is 4.92 Å². The average Bonchev–Trinajstić information content (AvgIpc) is 2.59. The Bertz CT molecular complexity index is 813. The van der Waals surface area contributed by atoms with E-state index in [0.717, 1.165) is 10.5 Å². The number of nitro groups is 1. The van der Waals surface area contributed by atoms with E-state index in [0.29, 0.717) is 5.75 Å². The molecule has 0 radical (unpaired) electrons. The summed E-state index contributed by atoms with van der Waals surface area (Å²) in [6.45, 7) is -0.317. The number of nitrogens with zero attached hydrogens (tertiary/aromatic N) is 1. The fraction of sp³-hybridized carbons (Fsp3) is 0.0667. The molecule has 2 aromatic carbocycles. The molecule has 0 unspecified atom stereocenters. The van der Waals surface area contributed by atoms with Crippen LogP contribution in [0.3, 0.4) is 0 Å². The van der Waals surface area contributed by atoms with Crippen LogP contribution in [0.5, 0.6) is 5.75 Å². The van der Waals surface area contributed by atoms with Gasteiger partial charge in [-0.05, 0) is 36.4 Å². The van der Waals surface area contributed by atoms with Crippen molar-refractivity contribution in [3.05, 3.63) is 67.6 Å². The summed E-state index contributed by atoms with van der Waals surface area (Å²) in [7, 11) is 0. The fourth-order valence-corrected chi connectivity index (χ4v) is 2.16. The first-order valence-electron chi connectivity index (χ1n) is 6.78. The van der Waals surface area contributed by atoms with Gasteiger partial charge in [0.2, 0.25) is 0 Å². The Hall–Kier alpha value is -2.65. The number of benzene rings is 2. The van der Waals surface area contributed by atoms with E-state index in [1.807, 2.05) is 0 Å². The van der Waals surface area contributed by atoms with Crippen LogP contribution < -0.4 is 15.6 Å². The zero-order valence-electron chi connectivity index (χ0n) is 12.5. The second kappa shape index (κ2) is 8.45. The van der Waals surface area contributed by atoms with Crippen molar-refractivity contribution in [3.8, 4) is 5.75 Å². The molecule has 2 N–H and O–H groups in total. The van der Waals surface area contributed by atoms with Gasteiger partial charge in [-0.25, -0.2) is 0 Å². The molecule has 2 rings (SSSR count). The molecule has 2 amide bonds. The van der Waals surface area contributed by atoms with Crippen LogP contribution in [-0.4, -0.2) is 23.3 Å². The molecule has 0 heterocycles. The van der Waals surface area contributed by atoms with E-state index in [2.05, 4.69) is 26.8 Å². The molecule has 0 saturated heterocycles. The van der Waals surface area contributed by atoms with E-state index in [1.54, 1.807) is 24.3 Å². The van der Waals surface area contributed by atoms with E-state index in [9.17, 15) is 19.7 Å². The second-order valence-electron chi connectivity index (χ2n) is 4.67. The SMILES string of the molecule is O=C(COc1ccc(Br)cc1)NNC(=O)c1ccc(Cl)c([N+](=O)[O-])c1. The number of hydrogen-bond acceptors (Lipinski definition) is 5. The second-order valence-corrected chi connectivity index (χ2v) is 5.99. The monoisotopic (exact) mass is 427 g/mol. The standard InChI is InChI=1S/C15H11BrClN3O5/c16-10-2-4-11(5-3-10)25-8-14(21)18-19-15(22)9-1-6-12(17)13(7-9)20(23)24/h1-7H,8H2,(H,18,21)(H,19,22). The van der Waals surface area contributed by atoms with Gasteiger partial charge in [0.1, 0.15) is 10.8 Å². The van der Waals surface area contributed by atoms with Crippen LogP contribution in [-0.2, 0) is 4.79 Å². The van der Waals surface area contributed by atoms with Gasteiger partial charge in [0.25, 0.3) is 17.5 Å². The zero-order chi connectivity index (χ0) is 18.4. The Labute approximate surface area is 155 Å². The third-order valence-corrected chi connectivity index (χ3v) is 3.75. The summed E-state index contributed by atoms with van der Waals surface area (Å²) in [6, 6.07) is 10.4. The lowest BCUT2D eigenvalue weighted by Crippen LogP contribution is -2.43. The molecule has 0 aliphatic heterocycles. The molecular weight excluding hydrogens is 418 g/mol. The highest BCUT2D eigenvalue weighted by Gasteiger charge is 2.16. The van der Waals surface area contributed by atoms with Gasteiger partial charge in [0, 0.05) is 16.1 Å². The Kier molecular flexibility index (Phi) is 6.31. The number of halogens is 2. The van der Waals surface area contributed by atoms with E-state index in [1.165, 1.54) is 12.1 Å². The Morgan fingerprint density at radius 3 is 2.48 bits per heavy atom. The highest BCUT2D eigenvalue weighted by molar-refractivity contribution is 9.10. The number of nitro benzene ring substituents is 1. The molecule has 0 fully saturated rings. The van der Waals surface area contributed by atoms with Crippen molar-refractivity contribution in [1.29, 1.82) is 0 Å². The lowest BCUT2D eigenvalue weighted by Gasteiger charge is -2.09. The smallest absolute Gasteiger partial charge is 0.288 e. The number of carbonyl (C=O) groups is 2. The van der Waals surface area contributed by atoms with E-state index >= 15 is 0 Å². The van der Waals surface area contributed by atoms with Crippen molar-refractivity contribution in [2.24, 2.45) is 0 Å². The largest absolute Gasteiger partial charge is 0.484 e. The molecule has 0 aliphatic rings. The van der Waals surface area contributed by atoms with Gasteiger partial charge >= 0.3 is 0 Å². The topological polar surface area (TPSA) is 111 Å². The molecule has 0 aromatic heterocycles. The Morgan fingerprint density at radius 2 is 1.84 bits per heavy atom. The van der Waals surface area contributed by atoms with Gasteiger partial charge in [-0.15, -0.1) is 0 Å². The number of nitrogens with one attached hydrogen (secondary N) is 2. The van der Waals surface area contributed by atoms with E-state index in [4.69, 9.17) is 16.3 Å². The number of hydrazine groups is 1. The molecule has 130 valence electrons. The molecule has 8 nitrogen and oxygen atoms in total. The summed E-state index contributed by atoms with van der Waals surface area (Å²) in [6.07, 6.45) is 0. The van der Waals surface area contributed by atoms with Crippen LogP contribution in [0, 0.1) is 10.1 Å². The minimum absolute atomic E-state index is 0.0229. The minimum atomic E-state index is -0.725. The van der Waals surface area contributed by atoms with Crippen LogP contribution in [0.15, 0.2) is 46.9 Å². The summed E-state index contributed by atoms with van der Waals surface area (Å²) in [5.74, 6) is -0.838. The maximum Gasteiger partial charge on any atom is 0.288 e. The molecule has 0 aliphatic carbocycles. The summed E-state index contributed by atoms with van der Waals surface area (Å²) in [5.41, 5.74) is 3.86.